The van der Waals surface area contributed by atoms with Crippen LogP contribution in [0, 0.1) is 0 Å². The Morgan fingerprint density at radius 2 is 1.79 bits per heavy atom. The van der Waals surface area contributed by atoms with Crippen molar-refractivity contribution in [3.63, 3.8) is 0 Å². The van der Waals surface area contributed by atoms with Crippen LogP contribution in [0.3, 0.4) is 0 Å². The fourth-order valence-corrected chi connectivity index (χ4v) is 2.41. The molecular weight excluding hydrogens is 254 g/mol. The lowest BCUT2D eigenvalue weighted by Gasteiger charge is -2.19. The van der Waals surface area contributed by atoms with Gasteiger partial charge in [-0.15, -0.1) is 0 Å². The molecule has 0 radical (unpaired) electrons. The molecule has 0 atom stereocenters. The summed E-state index contributed by atoms with van der Waals surface area (Å²) in [4.78, 5) is 0. The summed E-state index contributed by atoms with van der Waals surface area (Å²) >= 11 is 1.26. The van der Waals surface area contributed by atoms with Crippen LogP contribution in [0.5, 0.6) is 0 Å². The monoisotopic (exact) mass is 275 g/mol. The third-order valence-electron chi connectivity index (χ3n) is 3.06. The molecule has 102 valence electrons. The van der Waals surface area contributed by atoms with E-state index in [1.165, 1.54) is 17.3 Å². The van der Waals surface area contributed by atoms with Crippen molar-refractivity contribution >= 4 is 17.5 Å². The zero-order valence-electron chi connectivity index (χ0n) is 12.0. The Bertz CT molecular complexity index is 523. The van der Waals surface area contributed by atoms with Crippen LogP contribution in [0.15, 0.2) is 24.3 Å². The van der Waals surface area contributed by atoms with Gasteiger partial charge >= 0.3 is 0 Å². The van der Waals surface area contributed by atoms with Gasteiger partial charge in [0.2, 0.25) is 0 Å². The molecule has 0 saturated heterocycles. The molecule has 3 nitrogen and oxygen atoms in total. The van der Waals surface area contributed by atoms with Gasteiger partial charge in [0, 0.05) is 12.1 Å². The van der Waals surface area contributed by atoms with Crippen molar-refractivity contribution in [2.75, 3.05) is 11.9 Å². The molecule has 1 aromatic carbocycles. The third-order valence-corrected chi connectivity index (χ3v) is 3.58. The molecule has 0 fully saturated rings. The van der Waals surface area contributed by atoms with E-state index in [2.05, 4.69) is 66.0 Å². The highest BCUT2D eigenvalue weighted by atomic mass is 32.1. The number of hydrogen-bond acceptors (Lipinski definition) is 4. The van der Waals surface area contributed by atoms with Crippen LogP contribution in [0.4, 0.5) is 5.82 Å². The van der Waals surface area contributed by atoms with Gasteiger partial charge in [0.25, 0.3) is 0 Å². The molecule has 0 aliphatic heterocycles. The summed E-state index contributed by atoms with van der Waals surface area (Å²) in [7, 11) is 0. The Kier molecular flexibility index (Phi) is 4.20. The van der Waals surface area contributed by atoms with E-state index in [-0.39, 0.29) is 5.41 Å². The highest BCUT2D eigenvalue weighted by Crippen LogP contribution is 2.29. The average molecular weight is 275 g/mol. The van der Waals surface area contributed by atoms with Crippen molar-refractivity contribution in [3.8, 4) is 11.3 Å². The average Bonchev–Trinajstić information content (AvgIpc) is 2.83. The third kappa shape index (κ3) is 3.32. The van der Waals surface area contributed by atoms with E-state index in [9.17, 15) is 0 Å². The van der Waals surface area contributed by atoms with Crippen molar-refractivity contribution in [2.24, 2.45) is 0 Å². The highest BCUT2D eigenvalue weighted by Gasteiger charge is 2.15. The zero-order chi connectivity index (χ0) is 13.9. The molecule has 0 aliphatic rings. The van der Waals surface area contributed by atoms with Gasteiger partial charge in [-0.1, -0.05) is 52.0 Å². The maximum absolute atomic E-state index is 4.40. The van der Waals surface area contributed by atoms with Crippen LogP contribution in [-0.4, -0.2) is 15.3 Å². The number of nitrogens with one attached hydrogen (secondary N) is 1. The summed E-state index contributed by atoms with van der Waals surface area (Å²) in [6.45, 7) is 9.74. The maximum atomic E-state index is 4.40. The minimum absolute atomic E-state index is 0.183. The smallest absolute Gasteiger partial charge is 0.168 e. The topological polar surface area (TPSA) is 37.8 Å². The zero-order valence-corrected chi connectivity index (χ0v) is 12.8. The minimum atomic E-state index is 0.183. The Balaban J connectivity index is 2.25. The number of hydrogen-bond donors (Lipinski definition) is 1. The fourth-order valence-electron chi connectivity index (χ4n) is 1.87. The molecule has 0 spiro atoms. The summed E-state index contributed by atoms with van der Waals surface area (Å²) < 4.78 is 8.72. The molecule has 0 bridgehead atoms. The van der Waals surface area contributed by atoms with Gasteiger partial charge in [-0.05, 0) is 17.4 Å². The maximum Gasteiger partial charge on any atom is 0.168 e. The largest absolute Gasteiger partial charge is 0.367 e. The van der Waals surface area contributed by atoms with Crippen LogP contribution < -0.4 is 5.32 Å². The Morgan fingerprint density at radius 1 is 1.11 bits per heavy atom. The second-order valence-corrected chi connectivity index (χ2v) is 6.24. The molecule has 19 heavy (non-hydrogen) atoms. The van der Waals surface area contributed by atoms with E-state index < -0.39 is 0 Å². The molecule has 0 saturated carbocycles. The summed E-state index contributed by atoms with van der Waals surface area (Å²) in [5.74, 6) is 0.898. The first-order valence-electron chi connectivity index (χ1n) is 6.69. The minimum Gasteiger partial charge on any atom is -0.367 e. The summed E-state index contributed by atoms with van der Waals surface area (Å²) in [5.41, 5.74) is 3.60. The second kappa shape index (κ2) is 5.70. The van der Waals surface area contributed by atoms with E-state index >= 15 is 0 Å². The van der Waals surface area contributed by atoms with E-state index in [0.717, 1.165) is 30.0 Å². The summed E-state index contributed by atoms with van der Waals surface area (Å²) in [6, 6.07) is 8.62. The Morgan fingerprint density at radius 3 is 2.37 bits per heavy atom. The molecule has 0 aliphatic carbocycles. The molecule has 2 rings (SSSR count). The van der Waals surface area contributed by atoms with Gasteiger partial charge in [-0.25, -0.2) is 0 Å². The van der Waals surface area contributed by atoms with Crippen molar-refractivity contribution in [1.29, 1.82) is 0 Å². The van der Waals surface area contributed by atoms with Crippen molar-refractivity contribution in [1.82, 2.24) is 8.75 Å². The van der Waals surface area contributed by atoms with Gasteiger partial charge in [0.15, 0.2) is 5.82 Å². The van der Waals surface area contributed by atoms with Crippen molar-refractivity contribution in [2.45, 2.75) is 39.5 Å². The lowest BCUT2D eigenvalue weighted by atomic mass is 9.86. The van der Waals surface area contributed by atoms with Gasteiger partial charge in [-0.3, -0.25) is 0 Å². The molecule has 1 aromatic heterocycles. The number of rotatable bonds is 4. The number of benzene rings is 1. The van der Waals surface area contributed by atoms with Gasteiger partial charge in [-0.2, -0.15) is 8.75 Å². The quantitative estimate of drug-likeness (QED) is 0.902. The van der Waals surface area contributed by atoms with Crippen LogP contribution in [0.1, 0.15) is 39.7 Å². The van der Waals surface area contributed by atoms with Gasteiger partial charge < -0.3 is 5.32 Å². The Hall–Kier alpha value is -1.42. The SMILES string of the molecule is CCCNc1nsnc1-c1ccc(C(C)(C)C)cc1. The number of nitrogens with zero attached hydrogens (tertiary/aromatic N) is 2. The lowest BCUT2D eigenvalue weighted by molar-refractivity contribution is 0.590. The normalized spacial score (nSPS) is 11.6. The predicted octanol–water partition coefficient (Wildman–Crippen LogP) is 4.32. The Labute approximate surface area is 119 Å². The molecule has 2 aromatic rings. The van der Waals surface area contributed by atoms with Crippen molar-refractivity contribution < 1.29 is 0 Å². The molecule has 0 amide bonds. The molecule has 1 N–H and O–H groups in total. The van der Waals surface area contributed by atoms with Crippen LogP contribution in [0.25, 0.3) is 11.3 Å². The first kappa shape index (κ1) is 14.0. The van der Waals surface area contributed by atoms with E-state index in [0.29, 0.717) is 0 Å². The molecular formula is C15H21N3S. The summed E-state index contributed by atoms with van der Waals surface area (Å²) in [6.07, 6.45) is 1.08. The second-order valence-electron chi connectivity index (χ2n) is 5.72. The van der Waals surface area contributed by atoms with Crippen LogP contribution in [0.2, 0.25) is 0 Å². The predicted molar refractivity (Wildman–Crippen MR) is 82.8 cm³/mol. The van der Waals surface area contributed by atoms with E-state index in [1.54, 1.807) is 0 Å². The standard InChI is InChI=1S/C15H21N3S/c1-5-10-16-14-13(17-19-18-14)11-6-8-12(9-7-11)15(2,3)4/h6-9H,5,10H2,1-4H3,(H,16,18). The van der Waals surface area contributed by atoms with Crippen LogP contribution >= 0.6 is 11.7 Å². The van der Waals surface area contributed by atoms with E-state index in [1.807, 2.05) is 0 Å². The first-order valence-corrected chi connectivity index (χ1v) is 7.42. The fraction of sp³-hybridized carbons (Fsp3) is 0.467. The van der Waals surface area contributed by atoms with Crippen molar-refractivity contribution in [3.05, 3.63) is 29.8 Å². The first-order chi connectivity index (χ1) is 9.02. The molecule has 0 unspecified atom stereocenters. The summed E-state index contributed by atoms with van der Waals surface area (Å²) in [5, 5.41) is 3.32. The molecule has 1 heterocycles. The highest BCUT2D eigenvalue weighted by molar-refractivity contribution is 6.99. The molecule has 4 heteroatoms. The van der Waals surface area contributed by atoms with Gasteiger partial charge in [0.05, 0.1) is 11.7 Å². The lowest BCUT2D eigenvalue weighted by Crippen LogP contribution is -2.10. The van der Waals surface area contributed by atoms with Crippen LogP contribution in [-0.2, 0) is 5.41 Å². The number of anilines is 1. The van der Waals surface area contributed by atoms with E-state index in [4.69, 9.17) is 0 Å². The van der Waals surface area contributed by atoms with Gasteiger partial charge in [0.1, 0.15) is 5.69 Å². The number of aromatic nitrogens is 2.